The van der Waals surface area contributed by atoms with Gasteiger partial charge in [0, 0.05) is 43.7 Å². The number of hydrogen-bond acceptors (Lipinski definition) is 6. The second-order valence-corrected chi connectivity index (χ2v) is 7.63. The van der Waals surface area contributed by atoms with Gasteiger partial charge in [-0.15, -0.1) is 0 Å². The monoisotopic (exact) mass is 414 g/mol. The smallest absolute Gasteiger partial charge is 0.330 e. The van der Waals surface area contributed by atoms with Crippen LogP contribution in [0.25, 0.3) is 11.3 Å². The number of rotatable bonds is 5. The van der Waals surface area contributed by atoms with Crippen molar-refractivity contribution < 1.29 is 9.47 Å². The summed E-state index contributed by atoms with van der Waals surface area (Å²) in [5.74, 6) is 1.96. The fourth-order valence-electron chi connectivity index (χ4n) is 3.27. The first-order chi connectivity index (χ1) is 14.0. The fourth-order valence-corrected chi connectivity index (χ4v) is 4.33. The lowest BCUT2D eigenvalue weighted by atomic mass is 10.1. The van der Waals surface area contributed by atoms with E-state index in [-0.39, 0.29) is 11.2 Å². The summed E-state index contributed by atoms with van der Waals surface area (Å²) in [6.45, 7) is 3.90. The molecule has 1 aliphatic rings. The molecule has 2 aromatic heterocycles. The van der Waals surface area contributed by atoms with Crippen LogP contribution in [-0.2, 0) is 26.4 Å². The number of nitrogens with zero attached hydrogens (tertiary/aromatic N) is 4. The highest BCUT2D eigenvalue weighted by Crippen LogP contribution is 2.35. The maximum atomic E-state index is 12.1. The molecule has 0 atom stereocenters. The standard InChI is InChI=1S/C20H22N4O4S/c1-4-24-15(13-5-6-16-17(9-13)28-8-7-27-16)11-21-19(24)29-12-14-10-18(25)23(3)20(26)22(14)2/h5-6,9-11H,4,7-8,12H2,1-3H3. The van der Waals surface area contributed by atoms with Gasteiger partial charge in [-0.1, -0.05) is 11.8 Å². The van der Waals surface area contributed by atoms with Crippen LogP contribution in [0.5, 0.6) is 11.5 Å². The van der Waals surface area contributed by atoms with Gasteiger partial charge in [-0.3, -0.25) is 13.9 Å². The highest BCUT2D eigenvalue weighted by Gasteiger charge is 2.17. The molecule has 0 N–H and O–H groups in total. The normalized spacial score (nSPS) is 12.9. The maximum Gasteiger partial charge on any atom is 0.330 e. The molecule has 1 aliphatic heterocycles. The van der Waals surface area contributed by atoms with Gasteiger partial charge in [0.15, 0.2) is 16.7 Å². The summed E-state index contributed by atoms with van der Waals surface area (Å²) in [6, 6.07) is 7.38. The van der Waals surface area contributed by atoms with Crippen LogP contribution in [0.1, 0.15) is 12.6 Å². The van der Waals surface area contributed by atoms with Gasteiger partial charge in [-0.05, 0) is 25.1 Å². The van der Waals surface area contributed by atoms with E-state index in [1.807, 2.05) is 24.4 Å². The second kappa shape index (κ2) is 7.82. The van der Waals surface area contributed by atoms with Crippen molar-refractivity contribution in [3.8, 4) is 22.8 Å². The SMILES string of the molecule is CCn1c(-c2ccc3c(c2)OCCO3)cnc1SCc1cc(=O)n(C)c(=O)n1C. The van der Waals surface area contributed by atoms with Gasteiger partial charge in [-0.25, -0.2) is 9.78 Å². The summed E-state index contributed by atoms with van der Waals surface area (Å²) >= 11 is 1.49. The molecule has 0 spiro atoms. The van der Waals surface area contributed by atoms with Crippen molar-refractivity contribution >= 4 is 11.8 Å². The van der Waals surface area contributed by atoms with Gasteiger partial charge in [0.25, 0.3) is 5.56 Å². The molecule has 0 unspecified atom stereocenters. The van der Waals surface area contributed by atoms with Crippen molar-refractivity contribution in [3.05, 3.63) is 57.0 Å². The van der Waals surface area contributed by atoms with Gasteiger partial charge >= 0.3 is 5.69 Å². The first-order valence-corrected chi connectivity index (χ1v) is 10.3. The van der Waals surface area contributed by atoms with Crippen molar-refractivity contribution in [2.24, 2.45) is 14.1 Å². The molecule has 29 heavy (non-hydrogen) atoms. The maximum absolute atomic E-state index is 12.1. The molecule has 0 amide bonds. The Balaban J connectivity index is 1.62. The first-order valence-electron chi connectivity index (χ1n) is 9.34. The van der Waals surface area contributed by atoms with Crippen LogP contribution in [0.15, 0.2) is 45.2 Å². The summed E-state index contributed by atoms with van der Waals surface area (Å²) in [6.07, 6.45) is 1.83. The zero-order chi connectivity index (χ0) is 20.5. The number of ether oxygens (including phenoxy) is 2. The average Bonchev–Trinajstić information content (AvgIpc) is 3.16. The summed E-state index contributed by atoms with van der Waals surface area (Å²) in [5, 5.41) is 0.825. The molecule has 8 nitrogen and oxygen atoms in total. The van der Waals surface area contributed by atoms with Crippen LogP contribution < -0.4 is 20.7 Å². The molecule has 4 rings (SSSR count). The molecule has 0 radical (unpaired) electrons. The summed E-state index contributed by atoms with van der Waals surface area (Å²) in [4.78, 5) is 28.6. The molecule has 0 saturated carbocycles. The van der Waals surface area contributed by atoms with Gasteiger partial charge in [0.05, 0.1) is 11.9 Å². The van der Waals surface area contributed by atoms with Crippen molar-refractivity contribution in [2.75, 3.05) is 13.2 Å². The van der Waals surface area contributed by atoms with Gasteiger partial charge < -0.3 is 14.0 Å². The second-order valence-electron chi connectivity index (χ2n) is 6.69. The predicted octanol–water partition coefficient (Wildman–Crippen LogP) is 2.03. The van der Waals surface area contributed by atoms with Crippen molar-refractivity contribution in [2.45, 2.75) is 24.4 Å². The molecule has 0 fully saturated rings. The Morgan fingerprint density at radius 3 is 2.59 bits per heavy atom. The van der Waals surface area contributed by atoms with Crippen LogP contribution in [0, 0.1) is 0 Å². The van der Waals surface area contributed by atoms with Crippen LogP contribution in [0.4, 0.5) is 0 Å². The minimum Gasteiger partial charge on any atom is -0.486 e. The van der Waals surface area contributed by atoms with E-state index in [0.29, 0.717) is 24.7 Å². The molecule has 3 heterocycles. The largest absolute Gasteiger partial charge is 0.486 e. The van der Waals surface area contributed by atoms with E-state index < -0.39 is 0 Å². The van der Waals surface area contributed by atoms with Crippen LogP contribution >= 0.6 is 11.8 Å². The summed E-state index contributed by atoms with van der Waals surface area (Å²) < 4.78 is 16.0. The van der Waals surface area contributed by atoms with Crippen LogP contribution in [0.2, 0.25) is 0 Å². The quantitative estimate of drug-likeness (QED) is 0.595. The van der Waals surface area contributed by atoms with E-state index in [1.165, 1.54) is 29.4 Å². The Morgan fingerprint density at radius 2 is 1.83 bits per heavy atom. The molecule has 1 aromatic carbocycles. The number of imidazole rings is 1. The molecule has 9 heteroatoms. The third kappa shape index (κ3) is 3.57. The predicted molar refractivity (Wildman–Crippen MR) is 111 cm³/mol. The van der Waals surface area contributed by atoms with E-state index in [4.69, 9.17) is 9.47 Å². The lowest BCUT2D eigenvalue weighted by molar-refractivity contribution is 0.171. The fraction of sp³-hybridized carbons (Fsp3) is 0.350. The zero-order valence-electron chi connectivity index (χ0n) is 16.5. The van der Waals surface area contributed by atoms with Crippen molar-refractivity contribution in [1.29, 1.82) is 0 Å². The number of hydrogen-bond donors (Lipinski definition) is 0. The number of benzene rings is 1. The van der Waals surface area contributed by atoms with Gasteiger partial charge in [0.1, 0.15) is 13.2 Å². The van der Waals surface area contributed by atoms with Crippen LogP contribution in [-0.4, -0.2) is 31.9 Å². The minimum absolute atomic E-state index is 0.306. The molecule has 3 aromatic rings. The zero-order valence-corrected chi connectivity index (χ0v) is 17.4. The lowest BCUT2D eigenvalue weighted by Gasteiger charge is -2.19. The summed E-state index contributed by atoms with van der Waals surface area (Å²) in [5.41, 5.74) is 2.00. The highest BCUT2D eigenvalue weighted by atomic mass is 32.2. The Kier molecular flexibility index (Phi) is 5.23. The van der Waals surface area contributed by atoms with Gasteiger partial charge in [-0.2, -0.15) is 0 Å². The number of aromatic nitrogens is 4. The van der Waals surface area contributed by atoms with E-state index in [1.54, 1.807) is 7.05 Å². The first kappa shape index (κ1) is 19.4. The third-order valence-electron chi connectivity index (χ3n) is 4.95. The molecular formula is C20H22N4O4S. The van der Waals surface area contributed by atoms with E-state index in [2.05, 4.69) is 16.5 Å². The molecule has 0 saturated heterocycles. The molecular weight excluding hydrogens is 392 g/mol. The highest BCUT2D eigenvalue weighted by molar-refractivity contribution is 7.98. The van der Waals surface area contributed by atoms with E-state index in [9.17, 15) is 9.59 Å². The van der Waals surface area contributed by atoms with E-state index >= 15 is 0 Å². The minimum atomic E-state index is -0.330. The third-order valence-corrected chi connectivity index (χ3v) is 5.97. The Hall–Kier alpha value is -2.94. The van der Waals surface area contributed by atoms with Crippen LogP contribution in [0.3, 0.4) is 0 Å². The molecule has 0 bridgehead atoms. The number of fused-ring (bicyclic) bond motifs is 1. The van der Waals surface area contributed by atoms with E-state index in [0.717, 1.165) is 39.0 Å². The lowest BCUT2D eigenvalue weighted by Crippen LogP contribution is -2.37. The Bertz CT molecular complexity index is 1180. The molecule has 0 aliphatic carbocycles. The Labute approximate surface area is 171 Å². The number of thioether (sulfide) groups is 1. The average molecular weight is 414 g/mol. The summed E-state index contributed by atoms with van der Waals surface area (Å²) in [7, 11) is 3.15. The molecule has 152 valence electrons. The van der Waals surface area contributed by atoms with Gasteiger partial charge in [0.2, 0.25) is 0 Å². The Morgan fingerprint density at radius 1 is 1.07 bits per heavy atom. The van der Waals surface area contributed by atoms with Crippen molar-refractivity contribution in [3.63, 3.8) is 0 Å². The topological polar surface area (TPSA) is 80.3 Å². The van der Waals surface area contributed by atoms with Crippen molar-refractivity contribution in [1.82, 2.24) is 18.7 Å².